The van der Waals surface area contributed by atoms with E-state index in [1.54, 1.807) is 0 Å². The Morgan fingerprint density at radius 3 is 2.92 bits per heavy atom. The van der Waals surface area contributed by atoms with Gasteiger partial charge in [-0.1, -0.05) is 30.3 Å². The molecule has 1 fully saturated rings. The number of rotatable bonds is 5. The maximum atomic E-state index is 10.9. The average Bonchev–Trinajstić information content (AvgIpc) is 2.82. The third kappa shape index (κ3) is 3.94. The Morgan fingerprint density at radius 1 is 1.29 bits per heavy atom. The van der Waals surface area contributed by atoms with E-state index in [0.29, 0.717) is 19.0 Å². The van der Waals surface area contributed by atoms with Crippen molar-refractivity contribution < 1.29 is 9.53 Å². The Balaban J connectivity index is 1.90. The summed E-state index contributed by atoms with van der Waals surface area (Å²) >= 11 is 0. The third-order valence-corrected chi connectivity index (χ3v) is 4.42. The summed E-state index contributed by atoms with van der Waals surface area (Å²) in [7, 11) is 0. The van der Waals surface area contributed by atoms with Crippen molar-refractivity contribution >= 4 is 6.03 Å². The summed E-state index contributed by atoms with van der Waals surface area (Å²) in [5, 5.41) is 2.65. The Labute approximate surface area is 142 Å². The number of carbonyl (C=O) groups is 1. The minimum Gasteiger partial charge on any atom is -0.381 e. The molecule has 24 heavy (non-hydrogen) atoms. The van der Waals surface area contributed by atoms with Gasteiger partial charge in [-0.25, -0.2) is 9.78 Å². The molecule has 1 aromatic carbocycles. The number of imidazole rings is 1. The zero-order valence-corrected chi connectivity index (χ0v) is 13.8. The van der Waals surface area contributed by atoms with Gasteiger partial charge in [-0.2, -0.15) is 0 Å². The van der Waals surface area contributed by atoms with E-state index in [1.165, 1.54) is 5.69 Å². The molecule has 1 unspecified atom stereocenters. The molecule has 0 saturated carbocycles. The molecule has 1 saturated heterocycles. The van der Waals surface area contributed by atoms with Gasteiger partial charge in [0.05, 0.1) is 12.0 Å². The van der Waals surface area contributed by atoms with Crippen LogP contribution in [0.1, 0.15) is 30.9 Å². The van der Waals surface area contributed by atoms with Crippen LogP contribution in [0.15, 0.2) is 36.7 Å². The van der Waals surface area contributed by atoms with Gasteiger partial charge in [-0.05, 0) is 19.3 Å². The molecule has 3 rings (SSSR count). The number of nitrogens with zero attached hydrogens (tertiary/aromatic N) is 2. The number of hydrogen-bond donors (Lipinski definition) is 2. The number of urea groups is 1. The van der Waals surface area contributed by atoms with Crippen LogP contribution >= 0.6 is 0 Å². The minimum atomic E-state index is -0.497. The van der Waals surface area contributed by atoms with Crippen LogP contribution in [0.2, 0.25) is 0 Å². The summed E-state index contributed by atoms with van der Waals surface area (Å²) in [6.45, 7) is 2.77. The maximum Gasteiger partial charge on any atom is 0.312 e. The predicted molar refractivity (Wildman–Crippen MR) is 92.7 cm³/mol. The highest BCUT2D eigenvalue weighted by Gasteiger charge is 2.23. The molecule has 6 heteroatoms. The minimum absolute atomic E-state index is 0.416. The van der Waals surface area contributed by atoms with Crippen molar-refractivity contribution in [2.24, 2.45) is 5.73 Å². The van der Waals surface area contributed by atoms with Crippen molar-refractivity contribution in [2.45, 2.75) is 31.7 Å². The van der Waals surface area contributed by atoms with E-state index in [9.17, 15) is 4.79 Å². The second-order valence-electron chi connectivity index (χ2n) is 6.07. The number of hydrogen-bond acceptors (Lipinski definition) is 3. The normalized spacial score (nSPS) is 18.1. The van der Waals surface area contributed by atoms with Crippen LogP contribution in [-0.2, 0) is 11.3 Å². The first kappa shape index (κ1) is 16.5. The first-order valence-electron chi connectivity index (χ1n) is 8.47. The smallest absolute Gasteiger partial charge is 0.312 e. The number of benzene rings is 1. The Kier molecular flexibility index (Phi) is 5.48. The fourth-order valence-corrected chi connectivity index (χ4v) is 3.29. The zero-order valence-electron chi connectivity index (χ0n) is 13.8. The number of carbonyl (C=O) groups excluding carboxylic acids is 1. The molecule has 128 valence electrons. The SMILES string of the molecule is NC(=O)NCCn1cnc(-c2ccccc2)c1C1CCCOCC1. The summed E-state index contributed by atoms with van der Waals surface area (Å²) in [4.78, 5) is 15.6. The van der Waals surface area contributed by atoms with E-state index in [-0.39, 0.29) is 0 Å². The molecular weight excluding hydrogens is 304 g/mol. The Hall–Kier alpha value is -2.34. The van der Waals surface area contributed by atoms with Crippen LogP contribution in [0, 0.1) is 0 Å². The number of nitrogens with two attached hydrogens (primary N) is 1. The van der Waals surface area contributed by atoms with Gasteiger partial charge in [0.25, 0.3) is 0 Å². The van der Waals surface area contributed by atoms with Gasteiger partial charge >= 0.3 is 6.03 Å². The Morgan fingerprint density at radius 2 is 2.12 bits per heavy atom. The van der Waals surface area contributed by atoms with Crippen molar-refractivity contribution in [3.05, 3.63) is 42.4 Å². The second kappa shape index (κ2) is 7.97. The molecule has 0 aliphatic carbocycles. The highest BCUT2D eigenvalue weighted by atomic mass is 16.5. The highest BCUT2D eigenvalue weighted by Crippen LogP contribution is 2.34. The van der Waals surface area contributed by atoms with Gasteiger partial charge in [-0.15, -0.1) is 0 Å². The van der Waals surface area contributed by atoms with Crippen molar-refractivity contribution in [3.63, 3.8) is 0 Å². The molecule has 3 N–H and O–H groups in total. The molecule has 2 heterocycles. The van der Waals surface area contributed by atoms with E-state index in [2.05, 4.69) is 27.0 Å². The topological polar surface area (TPSA) is 82.2 Å². The van der Waals surface area contributed by atoms with Crippen molar-refractivity contribution in [2.75, 3.05) is 19.8 Å². The summed E-state index contributed by atoms with van der Waals surface area (Å²) in [6, 6.07) is 9.75. The molecule has 1 aromatic heterocycles. The lowest BCUT2D eigenvalue weighted by atomic mass is 9.93. The molecule has 0 radical (unpaired) electrons. The molecule has 6 nitrogen and oxygen atoms in total. The third-order valence-electron chi connectivity index (χ3n) is 4.42. The lowest BCUT2D eigenvalue weighted by Crippen LogP contribution is -2.32. The first-order chi connectivity index (χ1) is 11.8. The number of ether oxygens (including phenoxy) is 1. The molecule has 1 atom stereocenters. The number of amides is 2. The summed E-state index contributed by atoms with van der Waals surface area (Å²) in [5.74, 6) is 0.416. The van der Waals surface area contributed by atoms with E-state index in [1.807, 2.05) is 24.5 Å². The van der Waals surface area contributed by atoms with Gasteiger partial charge in [0, 0.05) is 43.5 Å². The fourth-order valence-electron chi connectivity index (χ4n) is 3.29. The van der Waals surface area contributed by atoms with Gasteiger partial charge < -0.3 is 20.4 Å². The lowest BCUT2D eigenvalue weighted by molar-refractivity contribution is 0.143. The van der Waals surface area contributed by atoms with E-state index in [0.717, 1.165) is 43.7 Å². The van der Waals surface area contributed by atoms with Crippen molar-refractivity contribution in [3.8, 4) is 11.3 Å². The van der Waals surface area contributed by atoms with Gasteiger partial charge in [0.1, 0.15) is 0 Å². The van der Waals surface area contributed by atoms with Crippen LogP contribution in [0.5, 0.6) is 0 Å². The van der Waals surface area contributed by atoms with E-state index < -0.39 is 6.03 Å². The number of nitrogens with one attached hydrogen (secondary N) is 1. The van der Waals surface area contributed by atoms with Crippen molar-refractivity contribution in [1.82, 2.24) is 14.9 Å². The monoisotopic (exact) mass is 328 g/mol. The van der Waals surface area contributed by atoms with E-state index in [4.69, 9.17) is 10.5 Å². The molecule has 0 bridgehead atoms. The standard InChI is InChI=1S/C18H24N4O2/c19-18(23)20-9-10-22-13-21-16(14-5-2-1-3-6-14)17(22)15-7-4-11-24-12-8-15/h1-3,5-6,13,15H,4,7-12H2,(H3,19,20,23). The maximum absolute atomic E-state index is 10.9. The van der Waals surface area contributed by atoms with Gasteiger partial charge in [0.2, 0.25) is 0 Å². The van der Waals surface area contributed by atoms with Gasteiger partial charge in [0.15, 0.2) is 0 Å². The van der Waals surface area contributed by atoms with Crippen LogP contribution in [0.25, 0.3) is 11.3 Å². The molecule has 2 amide bonds. The summed E-state index contributed by atoms with van der Waals surface area (Å²) < 4.78 is 7.76. The molecule has 1 aliphatic heterocycles. The molecule has 2 aromatic rings. The molecule has 0 spiro atoms. The lowest BCUT2D eigenvalue weighted by Gasteiger charge is -2.18. The van der Waals surface area contributed by atoms with Crippen molar-refractivity contribution in [1.29, 1.82) is 0 Å². The second-order valence-corrected chi connectivity index (χ2v) is 6.07. The van der Waals surface area contributed by atoms with Gasteiger partial charge in [-0.3, -0.25) is 0 Å². The molecular formula is C18H24N4O2. The quantitative estimate of drug-likeness (QED) is 0.884. The predicted octanol–water partition coefficient (Wildman–Crippen LogP) is 2.50. The fraction of sp³-hybridized carbons (Fsp3) is 0.444. The largest absolute Gasteiger partial charge is 0.381 e. The first-order valence-corrected chi connectivity index (χ1v) is 8.47. The average molecular weight is 328 g/mol. The van der Waals surface area contributed by atoms with Crippen LogP contribution in [-0.4, -0.2) is 35.3 Å². The number of primary amides is 1. The number of aromatic nitrogens is 2. The van der Waals surface area contributed by atoms with Crippen LogP contribution in [0.4, 0.5) is 4.79 Å². The van der Waals surface area contributed by atoms with Crippen LogP contribution < -0.4 is 11.1 Å². The highest BCUT2D eigenvalue weighted by molar-refractivity contribution is 5.71. The zero-order chi connectivity index (χ0) is 16.8. The summed E-state index contributed by atoms with van der Waals surface area (Å²) in [6.07, 6.45) is 5.01. The molecule has 1 aliphatic rings. The van der Waals surface area contributed by atoms with E-state index >= 15 is 0 Å². The summed E-state index contributed by atoms with van der Waals surface area (Å²) in [5.41, 5.74) is 8.55. The Bertz CT molecular complexity index is 661. The van der Waals surface area contributed by atoms with Crippen LogP contribution in [0.3, 0.4) is 0 Å².